The molecule has 0 bridgehead atoms. The van der Waals surface area contributed by atoms with Crippen molar-refractivity contribution in [2.24, 2.45) is 5.92 Å². The third-order valence-electron chi connectivity index (χ3n) is 4.13. The standard InChI is InChI=1S/C18H36O2/c1-4-5-6-7-8-11-14-19-15-18-17(20-18)13-10-9-12-16(2)3/h16-18H,4-15H2,1-3H3. The zero-order valence-corrected chi connectivity index (χ0v) is 14.0. The Morgan fingerprint density at radius 2 is 1.65 bits per heavy atom. The molecule has 1 aliphatic heterocycles. The van der Waals surface area contributed by atoms with Crippen LogP contribution in [0.2, 0.25) is 0 Å². The fourth-order valence-corrected chi connectivity index (χ4v) is 2.66. The Bertz CT molecular complexity index is 215. The maximum Gasteiger partial charge on any atom is 0.107 e. The van der Waals surface area contributed by atoms with Crippen molar-refractivity contribution >= 4 is 0 Å². The summed E-state index contributed by atoms with van der Waals surface area (Å²) in [6.07, 6.45) is 14.2. The van der Waals surface area contributed by atoms with Crippen molar-refractivity contribution in [3.05, 3.63) is 0 Å². The van der Waals surface area contributed by atoms with Gasteiger partial charge in [-0.2, -0.15) is 0 Å². The molecule has 0 aliphatic carbocycles. The van der Waals surface area contributed by atoms with E-state index >= 15 is 0 Å². The topological polar surface area (TPSA) is 21.8 Å². The van der Waals surface area contributed by atoms with Gasteiger partial charge in [-0.15, -0.1) is 0 Å². The summed E-state index contributed by atoms with van der Waals surface area (Å²) in [5.74, 6) is 0.839. The maximum absolute atomic E-state index is 5.71. The van der Waals surface area contributed by atoms with Crippen LogP contribution in [0.15, 0.2) is 0 Å². The molecular formula is C18H36O2. The van der Waals surface area contributed by atoms with Gasteiger partial charge in [0, 0.05) is 6.61 Å². The molecule has 2 unspecified atom stereocenters. The molecule has 1 heterocycles. The van der Waals surface area contributed by atoms with Gasteiger partial charge < -0.3 is 9.47 Å². The fourth-order valence-electron chi connectivity index (χ4n) is 2.66. The molecular weight excluding hydrogens is 248 g/mol. The van der Waals surface area contributed by atoms with E-state index in [1.165, 1.54) is 64.2 Å². The SMILES string of the molecule is CCCCCCCCOCC1OC1CCCCC(C)C. The van der Waals surface area contributed by atoms with Crippen LogP contribution < -0.4 is 0 Å². The molecule has 1 rings (SSSR count). The van der Waals surface area contributed by atoms with Crippen molar-refractivity contribution in [3.8, 4) is 0 Å². The number of rotatable bonds is 14. The second-order valence-electron chi connectivity index (χ2n) is 6.73. The molecule has 0 N–H and O–H groups in total. The van der Waals surface area contributed by atoms with Gasteiger partial charge in [-0.05, 0) is 18.8 Å². The van der Waals surface area contributed by atoms with E-state index in [0.717, 1.165) is 19.1 Å². The van der Waals surface area contributed by atoms with Crippen LogP contribution in [0.3, 0.4) is 0 Å². The summed E-state index contributed by atoms with van der Waals surface area (Å²) in [7, 11) is 0. The van der Waals surface area contributed by atoms with Crippen LogP contribution in [0.4, 0.5) is 0 Å². The van der Waals surface area contributed by atoms with E-state index < -0.39 is 0 Å². The summed E-state index contributed by atoms with van der Waals surface area (Å²) >= 11 is 0. The molecule has 0 spiro atoms. The van der Waals surface area contributed by atoms with E-state index in [-0.39, 0.29) is 0 Å². The second kappa shape index (κ2) is 11.6. The van der Waals surface area contributed by atoms with E-state index in [0.29, 0.717) is 12.2 Å². The summed E-state index contributed by atoms with van der Waals surface area (Å²) < 4.78 is 11.4. The van der Waals surface area contributed by atoms with Gasteiger partial charge in [-0.1, -0.05) is 72.1 Å². The molecule has 0 radical (unpaired) electrons. The lowest BCUT2D eigenvalue weighted by atomic mass is 10.0. The van der Waals surface area contributed by atoms with Crippen LogP contribution in [0, 0.1) is 5.92 Å². The summed E-state index contributed by atoms with van der Waals surface area (Å²) in [6, 6.07) is 0. The van der Waals surface area contributed by atoms with E-state index in [1.54, 1.807) is 0 Å². The Kier molecular flexibility index (Phi) is 10.4. The number of hydrogen-bond donors (Lipinski definition) is 0. The minimum absolute atomic E-state index is 0.411. The number of hydrogen-bond acceptors (Lipinski definition) is 2. The van der Waals surface area contributed by atoms with Crippen LogP contribution in [0.25, 0.3) is 0 Å². The van der Waals surface area contributed by atoms with Gasteiger partial charge in [0.1, 0.15) is 6.10 Å². The molecule has 2 heteroatoms. The summed E-state index contributed by atoms with van der Waals surface area (Å²) in [6.45, 7) is 8.60. The molecule has 0 aromatic heterocycles. The van der Waals surface area contributed by atoms with E-state index in [1.807, 2.05) is 0 Å². The first-order valence-electron chi connectivity index (χ1n) is 8.97. The molecule has 0 aromatic rings. The van der Waals surface area contributed by atoms with Gasteiger partial charge in [-0.3, -0.25) is 0 Å². The number of ether oxygens (including phenoxy) is 2. The number of epoxide rings is 1. The van der Waals surface area contributed by atoms with Crippen LogP contribution in [0.1, 0.15) is 85.0 Å². The van der Waals surface area contributed by atoms with Crippen molar-refractivity contribution in [2.75, 3.05) is 13.2 Å². The van der Waals surface area contributed by atoms with Crippen LogP contribution >= 0.6 is 0 Å². The Morgan fingerprint density at radius 3 is 2.40 bits per heavy atom. The highest BCUT2D eigenvalue weighted by Crippen LogP contribution is 2.28. The second-order valence-corrected chi connectivity index (χ2v) is 6.73. The Labute approximate surface area is 126 Å². The predicted molar refractivity (Wildman–Crippen MR) is 86.2 cm³/mol. The highest BCUT2D eigenvalue weighted by Gasteiger charge is 2.37. The molecule has 2 atom stereocenters. The normalized spacial score (nSPS) is 21.6. The zero-order valence-electron chi connectivity index (χ0n) is 14.0. The quantitative estimate of drug-likeness (QED) is 0.317. The van der Waals surface area contributed by atoms with Gasteiger partial charge in [0.2, 0.25) is 0 Å². The Balaban J connectivity index is 1.76. The first-order valence-corrected chi connectivity index (χ1v) is 8.97. The molecule has 20 heavy (non-hydrogen) atoms. The average molecular weight is 284 g/mol. The largest absolute Gasteiger partial charge is 0.379 e. The summed E-state index contributed by atoms with van der Waals surface area (Å²) in [4.78, 5) is 0. The van der Waals surface area contributed by atoms with Crippen molar-refractivity contribution in [3.63, 3.8) is 0 Å². The predicted octanol–water partition coefficient (Wildman–Crippen LogP) is 5.35. The van der Waals surface area contributed by atoms with Gasteiger partial charge in [0.25, 0.3) is 0 Å². The smallest absolute Gasteiger partial charge is 0.107 e. The van der Waals surface area contributed by atoms with E-state index in [9.17, 15) is 0 Å². The molecule has 1 aliphatic rings. The van der Waals surface area contributed by atoms with Crippen LogP contribution in [-0.4, -0.2) is 25.4 Å². The molecule has 0 aromatic carbocycles. The van der Waals surface area contributed by atoms with Gasteiger partial charge in [0.05, 0.1) is 12.7 Å². The van der Waals surface area contributed by atoms with Crippen LogP contribution in [-0.2, 0) is 9.47 Å². The van der Waals surface area contributed by atoms with E-state index in [2.05, 4.69) is 20.8 Å². The van der Waals surface area contributed by atoms with Crippen molar-refractivity contribution in [1.82, 2.24) is 0 Å². The van der Waals surface area contributed by atoms with Crippen LogP contribution in [0.5, 0.6) is 0 Å². The van der Waals surface area contributed by atoms with E-state index in [4.69, 9.17) is 9.47 Å². The molecule has 1 saturated heterocycles. The number of unbranched alkanes of at least 4 members (excludes halogenated alkanes) is 6. The summed E-state index contributed by atoms with van der Waals surface area (Å²) in [5.41, 5.74) is 0. The minimum Gasteiger partial charge on any atom is -0.379 e. The Hall–Kier alpha value is -0.0800. The van der Waals surface area contributed by atoms with Crippen molar-refractivity contribution in [2.45, 2.75) is 97.2 Å². The lowest BCUT2D eigenvalue weighted by Crippen LogP contribution is -2.06. The highest BCUT2D eigenvalue weighted by atomic mass is 16.6. The Morgan fingerprint density at radius 1 is 0.900 bits per heavy atom. The first-order chi connectivity index (χ1) is 9.74. The van der Waals surface area contributed by atoms with Gasteiger partial charge >= 0.3 is 0 Å². The van der Waals surface area contributed by atoms with Crippen molar-refractivity contribution < 1.29 is 9.47 Å². The molecule has 120 valence electrons. The first kappa shape index (κ1) is 18.0. The maximum atomic E-state index is 5.71. The lowest BCUT2D eigenvalue weighted by molar-refractivity contribution is 0.113. The fraction of sp³-hybridized carbons (Fsp3) is 1.00. The van der Waals surface area contributed by atoms with Crippen molar-refractivity contribution in [1.29, 1.82) is 0 Å². The molecule has 1 fully saturated rings. The highest BCUT2D eigenvalue weighted by molar-refractivity contribution is 4.84. The zero-order chi connectivity index (χ0) is 14.6. The molecule has 0 saturated carbocycles. The van der Waals surface area contributed by atoms with Gasteiger partial charge in [0.15, 0.2) is 0 Å². The monoisotopic (exact) mass is 284 g/mol. The third-order valence-corrected chi connectivity index (χ3v) is 4.13. The molecule has 0 amide bonds. The van der Waals surface area contributed by atoms with Gasteiger partial charge in [-0.25, -0.2) is 0 Å². The minimum atomic E-state index is 0.411. The summed E-state index contributed by atoms with van der Waals surface area (Å²) in [5, 5.41) is 0. The lowest BCUT2D eigenvalue weighted by Gasteiger charge is -2.03. The third kappa shape index (κ3) is 9.77. The molecule has 2 nitrogen and oxygen atoms in total. The average Bonchev–Trinajstić information content (AvgIpc) is 3.16.